The van der Waals surface area contributed by atoms with Gasteiger partial charge in [-0.1, -0.05) is 0 Å². The first kappa shape index (κ1) is 10.4. The number of hydrogen-bond acceptors (Lipinski definition) is 2. The van der Waals surface area contributed by atoms with Gasteiger partial charge < -0.3 is 10.1 Å². The lowest BCUT2D eigenvalue weighted by Crippen LogP contribution is -2.19. The number of nitrogens with one attached hydrogen (secondary N) is 1. The minimum Gasteiger partial charge on any atom is -0.478 e. The van der Waals surface area contributed by atoms with Gasteiger partial charge in [0, 0.05) is 5.69 Å². The summed E-state index contributed by atoms with van der Waals surface area (Å²) in [5.41, 5.74) is -2.47. The molecule has 1 aromatic heterocycles. The number of aryl methyl sites for hydroxylation is 1. The Labute approximate surface area is 77.2 Å². The van der Waals surface area contributed by atoms with Gasteiger partial charge in [-0.3, -0.25) is 4.79 Å². The van der Waals surface area contributed by atoms with Crippen LogP contribution in [0.5, 0.6) is 0 Å². The molecule has 0 saturated carbocycles. The molecule has 14 heavy (non-hydrogen) atoms. The average Bonchev–Trinajstić information content (AvgIpc) is 2.01. The maximum Gasteiger partial charge on any atom is 0.336 e. The normalized spacial score (nSPS) is 10.6. The zero-order valence-corrected chi connectivity index (χ0v) is 7.17. The fraction of sp³-hybridized carbons (Fsp3) is 0.250. The van der Waals surface area contributed by atoms with Crippen LogP contribution in [0.15, 0.2) is 10.9 Å². The molecular formula is C8H7F2NO3. The van der Waals surface area contributed by atoms with E-state index in [4.69, 9.17) is 5.11 Å². The minimum absolute atomic E-state index is 0.233. The van der Waals surface area contributed by atoms with Crippen LogP contribution in [-0.2, 0) is 0 Å². The van der Waals surface area contributed by atoms with E-state index in [0.717, 1.165) is 6.07 Å². The molecule has 0 fully saturated rings. The Balaban J connectivity index is 3.53. The predicted molar refractivity (Wildman–Crippen MR) is 43.7 cm³/mol. The Morgan fingerprint density at radius 2 is 2.14 bits per heavy atom. The largest absolute Gasteiger partial charge is 0.478 e. The zero-order chi connectivity index (χ0) is 10.9. The van der Waals surface area contributed by atoms with E-state index >= 15 is 0 Å². The van der Waals surface area contributed by atoms with E-state index in [-0.39, 0.29) is 5.69 Å². The molecule has 6 heteroatoms. The van der Waals surface area contributed by atoms with Crippen molar-refractivity contribution in [3.8, 4) is 0 Å². The molecule has 0 atom stereocenters. The third-order valence-corrected chi connectivity index (χ3v) is 1.65. The van der Waals surface area contributed by atoms with Crippen molar-refractivity contribution in [2.24, 2.45) is 0 Å². The van der Waals surface area contributed by atoms with Gasteiger partial charge in [0.2, 0.25) is 0 Å². The number of aromatic carboxylic acids is 1. The van der Waals surface area contributed by atoms with Crippen LogP contribution in [0, 0.1) is 6.92 Å². The monoisotopic (exact) mass is 203 g/mol. The lowest BCUT2D eigenvalue weighted by Gasteiger charge is -2.04. The number of carbonyl (C=O) groups is 1. The van der Waals surface area contributed by atoms with E-state index in [1.807, 2.05) is 0 Å². The SMILES string of the molecule is Cc1cc(C(=O)O)c(C(F)F)c(=O)[nH]1. The van der Waals surface area contributed by atoms with Gasteiger partial charge in [-0.05, 0) is 13.0 Å². The molecule has 1 rings (SSSR count). The van der Waals surface area contributed by atoms with Gasteiger partial charge in [-0.2, -0.15) is 0 Å². The summed E-state index contributed by atoms with van der Waals surface area (Å²) in [6, 6.07) is 1.01. The number of carboxylic acid groups (broad SMARTS) is 1. The van der Waals surface area contributed by atoms with Crippen LogP contribution in [0.25, 0.3) is 0 Å². The second-order valence-corrected chi connectivity index (χ2v) is 2.71. The molecule has 0 amide bonds. The molecule has 0 bridgehead atoms. The summed E-state index contributed by atoms with van der Waals surface area (Å²) >= 11 is 0. The van der Waals surface area contributed by atoms with Crippen molar-refractivity contribution in [1.29, 1.82) is 0 Å². The van der Waals surface area contributed by atoms with Crippen molar-refractivity contribution in [2.75, 3.05) is 0 Å². The first-order valence-electron chi connectivity index (χ1n) is 3.68. The van der Waals surface area contributed by atoms with E-state index in [0.29, 0.717) is 0 Å². The van der Waals surface area contributed by atoms with E-state index < -0.39 is 29.1 Å². The molecule has 76 valence electrons. The number of rotatable bonds is 2. The van der Waals surface area contributed by atoms with E-state index in [1.54, 1.807) is 0 Å². The molecule has 0 aromatic carbocycles. The van der Waals surface area contributed by atoms with Crippen LogP contribution in [-0.4, -0.2) is 16.1 Å². The van der Waals surface area contributed by atoms with Crippen LogP contribution < -0.4 is 5.56 Å². The number of aromatic amines is 1. The van der Waals surface area contributed by atoms with Crippen molar-refractivity contribution in [3.63, 3.8) is 0 Å². The smallest absolute Gasteiger partial charge is 0.336 e. The highest BCUT2D eigenvalue weighted by Crippen LogP contribution is 2.19. The quantitative estimate of drug-likeness (QED) is 0.761. The van der Waals surface area contributed by atoms with Gasteiger partial charge in [0.1, 0.15) is 0 Å². The number of H-pyrrole nitrogens is 1. The molecule has 0 aliphatic carbocycles. The topological polar surface area (TPSA) is 70.2 Å². The van der Waals surface area contributed by atoms with Crippen LogP contribution in [0.2, 0.25) is 0 Å². The number of alkyl halides is 2. The Bertz CT molecular complexity index is 425. The van der Waals surface area contributed by atoms with Crippen molar-refractivity contribution in [2.45, 2.75) is 13.3 Å². The van der Waals surface area contributed by atoms with E-state index in [9.17, 15) is 18.4 Å². The van der Waals surface area contributed by atoms with Gasteiger partial charge in [-0.25, -0.2) is 13.6 Å². The molecule has 0 spiro atoms. The second kappa shape index (κ2) is 3.57. The van der Waals surface area contributed by atoms with E-state index in [1.165, 1.54) is 6.92 Å². The maximum absolute atomic E-state index is 12.3. The van der Waals surface area contributed by atoms with E-state index in [2.05, 4.69) is 4.98 Å². The van der Waals surface area contributed by atoms with Crippen LogP contribution >= 0.6 is 0 Å². The van der Waals surface area contributed by atoms with Gasteiger partial charge in [0.05, 0.1) is 11.1 Å². The molecule has 4 nitrogen and oxygen atoms in total. The number of halogens is 2. The van der Waals surface area contributed by atoms with Crippen LogP contribution in [0.3, 0.4) is 0 Å². The fourth-order valence-corrected chi connectivity index (χ4v) is 1.09. The molecule has 1 heterocycles. The Kier molecular flexibility index (Phi) is 2.64. The first-order chi connectivity index (χ1) is 6.43. The summed E-state index contributed by atoms with van der Waals surface area (Å²) in [5.74, 6) is -1.53. The summed E-state index contributed by atoms with van der Waals surface area (Å²) in [7, 11) is 0. The molecule has 0 unspecified atom stereocenters. The summed E-state index contributed by atoms with van der Waals surface area (Å²) in [5, 5.41) is 8.58. The third kappa shape index (κ3) is 1.78. The first-order valence-corrected chi connectivity index (χ1v) is 3.68. The Morgan fingerprint density at radius 3 is 2.57 bits per heavy atom. The molecule has 0 aliphatic rings. The van der Waals surface area contributed by atoms with Crippen molar-refractivity contribution >= 4 is 5.97 Å². The van der Waals surface area contributed by atoms with Crippen LogP contribution in [0.4, 0.5) is 8.78 Å². The maximum atomic E-state index is 12.3. The minimum atomic E-state index is -3.09. The second-order valence-electron chi connectivity index (χ2n) is 2.71. The molecule has 1 aromatic rings. The molecule has 0 aliphatic heterocycles. The summed E-state index contributed by atoms with van der Waals surface area (Å²) in [4.78, 5) is 23.7. The fourth-order valence-electron chi connectivity index (χ4n) is 1.09. The summed E-state index contributed by atoms with van der Waals surface area (Å²) in [6.07, 6.45) is -3.09. The number of hydrogen-bond donors (Lipinski definition) is 2. The van der Waals surface area contributed by atoms with Gasteiger partial charge in [0.25, 0.3) is 12.0 Å². The third-order valence-electron chi connectivity index (χ3n) is 1.65. The molecule has 0 radical (unpaired) electrons. The zero-order valence-electron chi connectivity index (χ0n) is 7.17. The summed E-state index contributed by atoms with van der Waals surface area (Å²) in [6.45, 7) is 1.42. The number of carboxylic acids is 1. The lowest BCUT2D eigenvalue weighted by atomic mass is 10.1. The van der Waals surface area contributed by atoms with Crippen LogP contribution in [0.1, 0.15) is 28.0 Å². The molecular weight excluding hydrogens is 196 g/mol. The Hall–Kier alpha value is -1.72. The standard InChI is InChI=1S/C8H7F2NO3/c1-3-2-4(8(13)14)5(6(9)10)7(12)11-3/h2,6H,1H3,(H,11,12)(H,13,14). The van der Waals surface area contributed by atoms with Gasteiger partial charge >= 0.3 is 5.97 Å². The lowest BCUT2D eigenvalue weighted by molar-refractivity contribution is 0.0683. The van der Waals surface area contributed by atoms with Crippen molar-refractivity contribution in [3.05, 3.63) is 33.2 Å². The molecule has 2 N–H and O–H groups in total. The van der Waals surface area contributed by atoms with Crippen molar-refractivity contribution in [1.82, 2.24) is 4.98 Å². The van der Waals surface area contributed by atoms with Gasteiger partial charge in [0.15, 0.2) is 0 Å². The molecule has 0 saturated heterocycles. The number of aromatic nitrogens is 1. The highest BCUT2D eigenvalue weighted by molar-refractivity contribution is 5.89. The Morgan fingerprint density at radius 1 is 1.57 bits per heavy atom. The number of pyridine rings is 1. The average molecular weight is 203 g/mol. The highest BCUT2D eigenvalue weighted by Gasteiger charge is 2.22. The summed E-state index contributed by atoms with van der Waals surface area (Å²) < 4.78 is 24.6. The highest BCUT2D eigenvalue weighted by atomic mass is 19.3. The predicted octanol–water partition coefficient (Wildman–Crippen LogP) is 1.32. The van der Waals surface area contributed by atoms with Gasteiger partial charge in [-0.15, -0.1) is 0 Å². The van der Waals surface area contributed by atoms with Crippen molar-refractivity contribution < 1.29 is 18.7 Å².